The average molecular weight is 413 g/mol. The smallest absolute Gasteiger partial charge is 0.260 e. The molecular weight excluding hydrogens is 388 g/mol. The summed E-state index contributed by atoms with van der Waals surface area (Å²) in [5, 5.41) is 0. The molecule has 2 aromatic rings. The van der Waals surface area contributed by atoms with E-state index in [4.69, 9.17) is 8.37 Å². The van der Waals surface area contributed by atoms with Crippen molar-refractivity contribution in [2.75, 3.05) is 0 Å². The molecule has 0 aliphatic rings. The van der Waals surface area contributed by atoms with E-state index in [1.807, 2.05) is 0 Å². The van der Waals surface area contributed by atoms with Crippen LogP contribution in [0.3, 0.4) is 0 Å². The number of hydrogen-bond acceptors (Lipinski definition) is 6. The van der Waals surface area contributed by atoms with E-state index in [0.29, 0.717) is 0 Å². The molecule has 2 atom stereocenters. The highest BCUT2D eigenvalue weighted by Gasteiger charge is 2.38. The lowest BCUT2D eigenvalue weighted by molar-refractivity contribution is 0.00221. The highest BCUT2D eigenvalue weighted by atomic mass is 32.2. The average Bonchev–Trinajstić information content (AvgIpc) is 2.60. The highest BCUT2D eigenvalue weighted by molar-refractivity contribution is 7.87. The maximum atomic E-state index is 12.6. The van der Waals surface area contributed by atoms with E-state index in [-0.39, 0.29) is 9.79 Å². The second kappa shape index (κ2) is 8.10. The topological polar surface area (TPSA) is 86.7 Å². The summed E-state index contributed by atoms with van der Waals surface area (Å²) in [5.41, 5.74) is -0.701. The van der Waals surface area contributed by atoms with E-state index in [0.717, 1.165) is 0 Å². The van der Waals surface area contributed by atoms with E-state index in [1.54, 1.807) is 57.2 Å². The third-order valence-corrected chi connectivity index (χ3v) is 6.57. The van der Waals surface area contributed by atoms with Crippen molar-refractivity contribution in [2.45, 2.75) is 49.7 Å². The second-order valence-electron chi connectivity index (χ2n) is 7.22. The predicted octanol–water partition coefficient (Wildman–Crippen LogP) is 3.60. The lowest BCUT2D eigenvalue weighted by Crippen LogP contribution is -2.42. The Kier molecular flexibility index (Phi) is 6.47. The van der Waals surface area contributed by atoms with Crippen LogP contribution in [0.15, 0.2) is 70.5 Å². The van der Waals surface area contributed by atoms with Gasteiger partial charge in [0.2, 0.25) is 0 Å². The van der Waals surface area contributed by atoms with Gasteiger partial charge in [0, 0.05) is 0 Å². The van der Waals surface area contributed by atoms with Crippen molar-refractivity contribution in [1.82, 2.24) is 0 Å². The summed E-state index contributed by atoms with van der Waals surface area (Å²) in [6.07, 6.45) is -2.06. The maximum absolute atomic E-state index is 12.6. The first-order valence-electron chi connectivity index (χ1n) is 8.40. The zero-order valence-corrected chi connectivity index (χ0v) is 17.3. The molecule has 6 nitrogen and oxygen atoms in total. The molecule has 0 amide bonds. The van der Waals surface area contributed by atoms with E-state index in [1.165, 1.54) is 31.2 Å². The molecule has 0 aliphatic heterocycles. The van der Waals surface area contributed by atoms with Crippen LogP contribution in [0.1, 0.15) is 27.7 Å². The Morgan fingerprint density at radius 2 is 1.07 bits per heavy atom. The van der Waals surface area contributed by atoms with Gasteiger partial charge in [-0.25, -0.2) is 0 Å². The van der Waals surface area contributed by atoms with Crippen molar-refractivity contribution >= 4 is 20.2 Å². The van der Waals surface area contributed by atoms with Crippen LogP contribution < -0.4 is 0 Å². The molecule has 27 heavy (non-hydrogen) atoms. The molecule has 0 aliphatic carbocycles. The lowest BCUT2D eigenvalue weighted by Gasteiger charge is -2.33. The van der Waals surface area contributed by atoms with Gasteiger partial charge in [-0.3, -0.25) is 8.37 Å². The molecule has 2 unspecified atom stereocenters. The minimum absolute atomic E-state index is 0.00244. The van der Waals surface area contributed by atoms with Crippen LogP contribution in [0.25, 0.3) is 0 Å². The zero-order chi connectivity index (χ0) is 20.3. The summed E-state index contributed by atoms with van der Waals surface area (Å²) >= 11 is 0. The number of benzene rings is 2. The summed E-state index contributed by atoms with van der Waals surface area (Å²) < 4.78 is 60.9. The molecule has 2 rings (SSSR count). The van der Waals surface area contributed by atoms with Crippen molar-refractivity contribution in [1.29, 1.82) is 0 Å². The summed E-state index contributed by atoms with van der Waals surface area (Å²) in [6, 6.07) is 15.4. The summed E-state index contributed by atoms with van der Waals surface area (Å²) in [7, 11) is -8.14. The quantitative estimate of drug-likeness (QED) is 0.646. The van der Waals surface area contributed by atoms with Crippen molar-refractivity contribution in [3.63, 3.8) is 0 Å². The first kappa shape index (κ1) is 21.6. The molecule has 0 saturated heterocycles. The Bertz CT molecular complexity index is 946. The van der Waals surface area contributed by atoms with Crippen LogP contribution in [0.2, 0.25) is 0 Å². The van der Waals surface area contributed by atoms with Crippen LogP contribution in [-0.4, -0.2) is 29.0 Å². The van der Waals surface area contributed by atoms with Gasteiger partial charge >= 0.3 is 0 Å². The van der Waals surface area contributed by atoms with Crippen molar-refractivity contribution in [2.24, 2.45) is 5.41 Å². The monoisotopic (exact) mass is 412 g/mol. The van der Waals surface area contributed by atoms with Crippen LogP contribution >= 0.6 is 0 Å². The normalized spacial score (nSPS) is 15.3. The Balaban J connectivity index is 2.29. The van der Waals surface area contributed by atoms with Gasteiger partial charge in [-0.1, -0.05) is 57.2 Å². The molecule has 148 valence electrons. The molecule has 2 aromatic carbocycles. The van der Waals surface area contributed by atoms with Gasteiger partial charge in [0.05, 0.1) is 9.79 Å². The summed E-state index contributed by atoms with van der Waals surface area (Å²) in [4.78, 5) is -0.00667. The fraction of sp³-hybridized carbons (Fsp3) is 0.368. The summed E-state index contributed by atoms with van der Waals surface area (Å²) in [5.74, 6) is 0. The third kappa shape index (κ3) is 5.62. The molecule has 0 radical (unpaired) electrons. The fourth-order valence-corrected chi connectivity index (χ4v) is 5.02. The van der Waals surface area contributed by atoms with Gasteiger partial charge in [0.1, 0.15) is 12.2 Å². The van der Waals surface area contributed by atoms with E-state index < -0.39 is 37.9 Å². The Morgan fingerprint density at radius 3 is 1.44 bits per heavy atom. The van der Waals surface area contributed by atoms with E-state index in [9.17, 15) is 16.8 Å². The predicted molar refractivity (Wildman–Crippen MR) is 102 cm³/mol. The standard InChI is InChI=1S/C19H24O6S2/c1-15(24-26(20,21)16-11-7-5-8-12-16)18(19(2,3)4)25-27(22,23)17-13-9-6-10-14-17/h5-15,18H,1-4H3. The maximum Gasteiger partial charge on any atom is 0.297 e. The molecular formula is C19H24O6S2. The molecule has 0 spiro atoms. The summed E-state index contributed by atoms with van der Waals surface area (Å²) in [6.45, 7) is 6.75. The molecule has 0 bridgehead atoms. The molecule has 8 heteroatoms. The van der Waals surface area contributed by atoms with Crippen molar-refractivity contribution in [3.8, 4) is 0 Å². The van der Waals surface area contributed by atoms with Crippen molar-refractivity contribution in [3.05, 3.63) is 60.7 Å². The van der Waals surface area contributed by atoms with Gasteiger partial charge in [-0.15, -0.1) is 0 Å². The van der Waals surface area contributed by atoms with Gasteiger partial charge in [-0.05, 0) is 36.6 Å². The van der Waals surface area contributed by atoms with Crippen molar-refractivity contribution < 1.29 is 25.2 Å². The fourth-order valence-electron chi connectivity index (χ4n) is 2.60. The van der Waals surface area contributed by atoms with Gasteiger partial charge in [0.15, 0.2) is 0 Å². The first-order valence-corrected chi connectivity index (χ1v) is 11.2. The lowest BCUT2D eigenvalue weighted by atomic mass is 9.86. The van der Waals surface area contributed by atoms with Gasteiger partial charge < -0.3 is 0 Å². The van der Waals surface area contributed by atoms with Gasteiger partial charge in [0.25, 0.3) is 20.2 Å². The number of rotatable bonds is 7. The molecule has 0 heterocycles. The molecule has 0 fully saturated rings. The minimum atomic E-state index is -4.08. The number of hydrogen-bond donors (Lipinski definition) is 0. The Labute approximate surface area is 161 Å². The molecule has 0 aromatic heterocycles. The minimum Gasteiger partial charge on any atom is -0.260 e. The van der Waals surface area contributed by atoms with Crippen LogP contribution in [0.4, 0.5) is 0 Å². The zero-order valence-electron chi connectivity index (χ0n) is 15.7. The Morgan fingerprint density at radius 1 is 0.704 bits per heavy atom. The highest BCUT2D eigenvalue weighted by Crippen LogP contribution is 2.31. The SMILES string of the molecule is CC(OS(=O)(=O)c1ccccc1)C(OS(=O)(=O)c1ccccc1)C(C)(C)C. The molecule has 0 saturated carbocycles. The van der Waals surface area contributed by atoms with E-state index >= 15 is 0 Å². The van der Waals surface area contributed by atoms with Crippen LogP contribution in [0, 0.1) is 5.41 Å². The van der Waals surface area contributed by atoms with Crippen LogP contribution in [0.5, 0.6) is 0 Å². The van der Waals surface area contributed by atoms with E-state index in [2.05, 4.69) is 0 Å². The Hall–Kier alpha value is -1.74. The molecule has 0 N–H and O–H groups in total. The third-order valence-electron chi connectivity index (χ3n) is 3.85. The second-order valence-corrected chi connectivity index (χ2v) is 10.4. The van der Waals surface area contributed by atoms with Gasteiger partial charge in [-0.2, -0.15) is 16.8 Å². The van der Waals surface area contributed by atoms with Crippen LogP contribution in [-0.2, 0) is 28.6 Å². The largest absolute Gasteiger partial charge is 0.297 e. The first-order chi connectivity index (χ1) is 12.4.